The minimum atomic E-state index is -0.101. The molecule has 0 aliphatic carbocycles. The Kier molecular flexibility index (Phi) is 7.91. The minimum Gasteiger partial charge on any atom is -0.372 e. The zero-order valence-corrected chi connectivity index (χ0v) is 16.3. The van der Waals surface area contributed by atoms with Crippen LogP contribution in [0, 0.1) is 5.92 Å². The van der Waals surface area contributed by atoms with Crippen LogP contribution in [0.15, 0.2) is 24.3 Å². The molecule has 0 unspecified atom stereocenters. The van der Waals surface area contributed by atoms with E-state index in [1.165, 1.54) is 18.5 Å². The van der Waals surface area contributed by atoms with Gasteiger partial charge in [0.05, 0.1) is 13.1 Å². The van der Waals surface area contributed by atoms with E-state index in [-0.39, 0.29) is 24.9 Å². The van der Waals surface area contributed by atoms with Crippen LogP contribution in [-0.2, 0) is 9.59 Å². The van der Waals surface area contributed by atoms with Gasteiger partial charge >= 0.3 is 0 Å². The molecule has 1 fully saturated rings. The van der Waals surface area contributed by atoms with Gasteiger partial charge in [0.1, 0.15) is 0 Å². The van der Waals surface area contributed by atoms with E-state index < -0.39 is 0 Å². The van der Waals surface area contributed by atoms with Crippen LogP contribution in [-0.4, -0.2) is 56.0 Å². The first-order valence-corrected chi connectivity index (χ1v) is 9.65. The van der Waals surface area contributed by atoms with E-state index in [0.717, 1.165) is 24.7 Å². The molecule has 2 amide bonds. The molecule has 2 N–H and O–H groups in total. The summed E-state index contributed by atoms with van der Waals surface area (Å²) in [6.07, 6.45) is 2.47. The SMILES string of the molecule is CCNC(=O)CN(CC)CC(=O)Nc1ccc(N2CCC(C)CC2)cc1. The van der Waals surface area contributed by atoms with Gasteiger partial charge in [0.2, 0.25) is 11.8 Å². The van der Waals surface area contributed by atoms with Crippen molar-refractivity contribution in [3.05, 3.63) is 24.3 Å². The van der Waals surface area contributed by atoms with E-state index in [4.69, 9.17) is 0 Å². The molecule has 2 rings (SSSR count). The summed E-state index contributed by atoms with van der Waals surface area (Å²) < 4.78 is 0. The Labute approximate surface area is 156 Å². The number of hydrogen-bond acceptors (Lipinski definition) is 4. The Bertz CT molecular complexity index is 580. The van der Waals surface area contributed by atoms with Gasteiger partial charge in [-0.25, -0.2) is 0 Å². The molecule has 1 heterocycles. The molecule has 144 valence electrons. The monoisotopic (exact) mass is 360 g/mol. The second-order valence-corrected chi connectivity index (χ2v) is 7.02. The molecule has 0 spiro atoms. The van der Waals surface area contributed by atoms with Crippen LogP contribution in [0.3, 0.4) is 0 Å². The Morgan fingerprint density at radius 1 is 1.08 bits per heavy atom. The summed E-state index contributed by atoms with van der Waals surface area (Å²) in [5.74, 6) is 0.656. The molecular formula is C20H32N4O2. The number of carbonyl (C=O) groups excluding carboxylic acids is 2. The average Bonchev–Trinajstić information content (AvgIpc) is 2.62. The summed E-state index contributed by atoms with van der Waals surface area (Å²) in [5, 5.41) is 5.67. The number of likely N-dealkylation sites (N-methyl/N-ethyl adjacent to an activating group) is 2. The van der Waals surface area contributed by atoms with Crippen LogP contribution in [0.5, 0.6) is 0 Å². The van der Waals surface area contributed by atoms with Crippen molar-refractivity contribution in [2.24, 2.45) is 5.92 Å². The predicted molar refractivity (Wildman–Crippen MR) is 106 cm³/mol. The smallest absolute Gasteiger partial charge is 0.238 e. The summed E-state index contributed by atoms with van der Waals surface area (Å²) in [6.45, 7) is 10.0. The zero-order valence-electron chi connectivity index (χ0n) is 16.3. The Morgan fingerprint density at radius 2 is 1.69 bits per heavy atom. The highest BCUT2D eigenvalue weighted by Gasteiger charge is 2.16. The van der Waals surface area contributed by atoms with Crippen LogP contribution >= 0.6 is 0 Å². The van der Waals surface area contributed by atoms with Gasteiger partial charge < -0.3 is 15.5 Å². The number of benzene rings is 1. The van der Waals surface area contributed by atoms with E-state index in [9.17, 15) is 9.59 Å². The van der Waals surface area contributed by atoms with Crippen molar-refractivity contribution in [2.75, 3.05) is 49.5 Å². The molecule has 6 heteroatoms. The third kappa shape index (κ3) is 6.33. The largest absolute Gasteiger partial charge is 0.372 e. The van der Waals surface area contributed by atoms with Gasteiger partial charge in [-0.05, 0) is 56.5 Å². The number of amides is 2. The van der Waals surface area contributed by atoms with Gasteiger partial charge in [0.25, 0.3) is 0 Å². The normalized spacial score (nSPS) is 15.2. The van der Waals surface area contributed by atoms with Crippen molar-refractivity contribution < 1.29 is 9.59 Å². The molecule has 1 saturated heterocycles. The van der Waals surface area contributed by atoms with E-state index >= 15 is 0 Å². The van der Waals surface area contributed by atoms with Gasteiger partial charge in [-0.2, -0.15) is 0 Å². The van der Waals surface area contributed by atoms with E-state index in [2.05, 4.69) is 34.6 Å². The number of anilines is 2. The topological polar surface area (TPSA) is 64.7 Å². The second-order valence-electron chi connectivity index (χ2n) is 7.02. The second kappa shape index (κ2) is 10.2. The Balaban J connectivity index is 1.83. The number of hydrogen-bond donors (Lipinski definition) is 2. The fraction of sp³-hybridized carbons (Fsp3) is 0.600. The Hall–Kier alpha value is -2.08. The quantitative estimate of drug-likeness (QED) is 0.747. The number of nitrogens with one attached hydrogen (secondary N) is 2. The minimum absolute atomic E-state index is 0.0534. The van der Waals surface area contributed by atoms with Crippen molar-refractivity contribution in [3.63, 3.8) is 0 Å². The van der Waals surface area contributed by atoms with E-state index in [1.807, 2.05) is 30.9 Å². The van der Waals surface area contributed by atoms with Crippen molar-refractivity contribution in [3.8, 4) is 0 Å². The first-order chi connectivity index (χ1) is 12.5. The highest BCUT2D eigenvalue weighted by molar-refractivity contribution is 5.92. The molecule has 1 aromatic carbocycles. The number of rotatable bonds is 8. The molecule has 0 bridgehead atoms. The fourth-order valence-electron chi connectivity index (χ4n) is 3.16. The van der Waals surface area contributed by atoms with Crippen molar-refractivity contribution >= 4 is 23.2 Å². The number of piperidine rings is 1. The molecule has 0 atom stereocenters. The molecular weight excluding hydrogens is 328 g/mol. The summed E-state index contributed by atoms with van der Waals surface area (Å²) in [6, 6.07) is 8.03. The number of carbonyl (C=O) groups is 2. The lowest BCUT2D eigenvalue weighted by Crippen LogP contribution is -2.41. The van der Waals surface area contributed by atoms with Crippen LogP contribution in [0.1, 0.15) is 33.6 Å². The third-order valence-corrected chi connectivity index (χ3v) is 4.86. The lowest BCUT2D eigenvalue weighted by atomic mass is 9.99. The van der Waals surface area contributed by atoms with E-state index in [1.54, 1.807) is 0 Å². The molecule has 1 aliphatic rings. The van der Waals surface area contributed by atoms with Gasteiger partial charge in [-0.3, -0.25) is 14.5 Å². The maximum atomic E-state index is 12.2. The van der Waals surface area contributed by atoms with E-state index in [0.29, 0.717) is 13.1 Å². The fourth-order valence-corrected chi connectivity index (χ4v) is 3.16. The van der Waals surface area contributed by atoms with Crippen LogP contribution in [0.4, 0.5) is 11.4 Å². The first-order valence-electron chi connectivity index (χ1n) is 9.65. The molecule has 0 radical (unpaired) electrons. The zero-order chi connectivity index (χ0) is 18.9. The van der Waals surface area contributed by atoms with Crippen molar-refractivity contribution in [1.82, 2.24) is 10.2 Å². The summed E-state index contributed by atoms with van der Waals surface area (Å²) in [7, 11) is 0. The van der Waals surface area contributed by atoms with Gasteiger partial charge in [-0.15, -0.1) is 0 Å². The Morgan fingerprint density at radius 3 is 2.27 bits per heavy atom. The summed E-state index contributed by atoms with van der Waals surface area (Å²) in [4.78, 5) is 28.1. The number of nitrogens with zero attached hydrogens (tertiary/aromatic N) is 2. The van der Waals surface area contributed by atoms with Gasteiger partial charge in [0.15, 0.2) is 0 Å². The maximum absolute atomic E-state index is 12.2. The first kappa shape index (κ1) is 20.2. The maximum Gasteiger partial charge on any atom is 0.238 e. The summed E-state index contributed by atoms with van der Waals surface area (Å²) in [5.41, 5.74) is 2.00. The van der Waals surface area contributed by atoms with Gasteiger partial charge in [0, 0.05) is 31.0 Å². The average molecular weight is 361 g/mol. The third-order valence-electron chi connectivity index (χ3n) is 4.86. The van der Waals surface area contributed by atoms with Crippen LogP contribution in [0.25, 0.3) is 0 Å². The molecule has 6 nitrogen and oxygen atoms in total. The lowest BCUT2D eigenvalue weighted by molar-refractivity contribution is -0.123. The molecule has 0 aromatic heterocycles. The molecule has 0 saturated carbocycles. The predicted octanol–water partition coefficient (Wildman–Crippen LogP) is 2.32. The lowest BCUT2D eigenvalue weighted by Gasteiger charge is -2.32. The highest BCUT2D eigenvalue weighted by atomic mass is 16.2. The van der Waals surface area contributed by atoms with Crippen LogP contribution < -0.4 is 15.5 Å². The standard InChI is InChI=1S/C20H32N4O2/c1-4-21-19(25)14-23(5-2)15-20(26)22-17-6-8-18(9-7-17)24-12-10-16(3)11-13-24/h6-9,16H,4-5,10-15H2,1-3H3,(H,21,25)(H,22,26). The summed E-state index contributed by atoms with van der Waals surface area (Å²) >= 11 is 0. The molecule has 1 aromatic rings. The van der Waals surface area contributed by atoms with Crippen LogP contribution in [0.2, 0.25) is 0 Å². The highest BCUT2D eigenvalue weighted by Crippen LogP contribution is 2.24. The van der Waals surface area contributed by atoms with Crippen molar-refractivity contribution in [1.29, 1.82) is 0 Å². The van der Waals surface area contributed by atoms with Gasteiger partial charge in [-0.1, -0.05) is 13.8 Å². The molecule has 1 aliphatic heterocycles. The molecule has 26 heavy (non-hydrogen) atoms. The van der Waals surface area contributed by atoms with Crippen molar-refractivity contribution in [2.45, 2.75) is 33.6 Å².